The van der Waals surface area contributed by atoms with Gasteiger partial charge in [0.15, 0.2) is 11.5 Å². The molecule has 0 aliphatic heterocycles. The van der Waals surface area contributed by atoms with Crippen molar-refractivity contribution in [2.24, 2.45) is 7.05 Å². The molecular weight excluding hydrogens is 399 g/mol. The molecule has 4 aromatic heterocycles. The van der Waals surface area contributed by atoms with E-state index in [0.717, 1.165) is 17.1 Å². The maximum absolute atomic E-state index is 13.4. The summed E-state index contributed by atoms with van der Waals surface area (Å²) in [6, 6.07) is 9.86. The number of aromatic amines is 1. The van der Waals surface area contributed by atoms with Crippen molar-refractivity contribution in [3.8, 4) is 22.6 Å². The second-order valence-electron chi connectivity index (χ2n) is 7.01. The van der Waals surface area contributed by atoms with Gasteiger partial charge in [0, 0.05) is 18.8 Å². The number of nitrogens with one attached hydrogen (secondary N) is 2. The molecule has 154 valence electrons. The van der Waals surface area contributed by atoms with E-state index in [1.54, 1.807) is 22.8 Å². The van der Waals surface area contributed by atoms with E-state index in [4.69, 9.17) is 0 Å². The number of rotatable bonds is 4. The van der Waals surface area contributed by atoms with Crippen LogP contribution in [0.5, 0.6) is 0 Å². The van der Waals surface area contributed by atoms with Crippen molar-refractivity contribution in [1.82, 2.24) is 34.3 Å². The number of anilines is 1. The quantitative estimate of drug-likeness (QED) is 0.468. The summed E-state index contributed by atoms with van der Waals surface area (Å²) in [5.41, 5.74) is 3.94. The number of hydrogen-bond donors (Lipinski definition) is 2. The van der Waals surface area contributed by atoms with Gasteiger partial charge in [-0.3, -0.25) is 9.89 Å². The number of fused-ring (bicyclic) bond motifs is 1. The van der Waals surface area contributed by atoms with E-state index < -0.39 is 0 Å². The number of carbonyl (C=O) groups is 1. The van der Waals surface area contributed by atoms with Gasteiger partial charge in [0.25, 0.3) is 5.91 Å². The first-order valence-corrected chi connectivity index (χ1v) is 9.46. The maximum atomic E-state index is 13.4. The van der Waals surface area contributed by atoms with Crippen LogP contribution in [0.4, 0.5) is 10.2 Å². The molecule has 0 aliphatic rings. The minimum Gasteiger partial charge on any atom is -0.330 e. The predicted octanol–water partition coefficient (Wildman–Crippen LogP) is 3.22. The highest BCUT2D eigenvalue weighted by Gasteiger charge is 2.18. The third kappa shape index (κ3) is 3.33. The first-order valence-electron chi connectivity index (χ1n) is 9.46. The van der Waals surface area contributed by atoms with E-state index >= 15 is 0 Å². The van der Waals surface area contributed by atoms with Crippen molar-refractivity contribution in [3.63, 3.8) is 0 Å². The van der Waals surface area contributed by atoms with Crippen molar-refractivity contribution in [2.45, 2.75) is 6.92 Å². The molecule has 0 spiro atoms. The number of hydrogen-bond acceptors (Lipinski definition) is 5. The van der Waals surface area contributed by atoms with Crippen LogP contribution in [-0.4, -0.2) is 40.3 Å². The first-order chi connectivity index (χ1) is 15.0. The molecule has 1 amide bonds. The molecular formula is C21H17FN8O. The largest absolute Gasteiger partial charge is 0.330 e. The molecule has 0 saturated heterocycles. The summed E-state index contributed by atoms with van der Waals surface area (Å²) in [6.07, 6.45) is 4.57. The third-order valence-corrected chi connectivity index (χ3v) is 5.00. The zero-order valence-electron chi connectivity index (χ0n) is 16.7. The molecule has 0 fully saturated rings. The highest BCUT2D eigenvalue weighted by Crippen LogP contribution is 2.31. The Balaban J connectivity index is 1.54. The molecule has 31 heavy (non-hydrogen) atoms. The molecule has 9 nitrogen and oxygen atoms in total. The van der Waals surface area contributed by atoms with Gasteiger partial charge in [-0.1, -0.05) is 0 Å². The molecule has 0 unspecified atom stereocenters. The van der Waals surface area contributed by atoms with Gasteiger partial charge in [-0.15, -0.1) is 0 Å². The van der Waals surface area contributed by atoms with Crippen molar-refractivity contribution < 1.29 is 9.18 Å². The van der Waals surface area contributed by atoms with Gasteiger partial charge in [-0.2, -0.15) is 10.2 Å². The van der Waals surface area contributed by atoms with Gasteiger partial charge in [-0.05, 0) is 43.3 Å². The average Bonchev–Trinajstić information content (AvgIpc) is 3.48. The Bertz CT molecular complexity index is 1400. The summed E-state index contributed by atoms with van der Waals surface area (Å²) in [5, 5.41) is 13.8. The van der Waals surface area contributed by atoms with Gasteiger partial charge in [0.05, 0.1) is 29.3 Å². The van der Waals surface area contributed by atoms with Crippen LogP contribution in [0.25, 0.3) is 28.3 Å². The fourth-order valence-corrected chi connectivity index (χ4v) is 3.34. The highest BCUT2D eigenvalue weighted by molar-refractivity contribution is 6.03. The monoisotopic (exact) mass is 416 g/mol. The molecule has 0 radical (unpaired) electrons. The fourth-order valence-electron chi connectivity index (χ4n) is 3.34. The van der Waals surface area contributed by atoms with Crippen LogP contribution >= 0.6 is 0 Å². The van der Waals surface area contributed by atoms with Gasteiger partial charge in [-0.25, -0.2) is 18.9 Å². The van der Waals surface area contributed by atoms with E-state index in [9.17, 15) is 9.18 Å². The Morgan fingerprint density at radius 2 is 1.94 bits per heavy atom. The number of nitrogens with zero attached hydrogens (tertiary/aromatic N) is 6. The highest BCUT2D eigenvalue weighted by atomic mass is 19.1. The number of aromatic nitrogens is 7. The van der Waals surface area contributed by atoms with Gasteiger partial charge in [0.1, 0.15) is 17.3 Å². The Morgan fingerprint density at radius 1 is 1.13 bits per heavy atom. The Labute approximate surface area is 175 Å². The van der Waals surface area contributed by atoms with E-state index in [2.05, 4.69) is 30.6 Å². The Hall–Kier alpha value is -4.34. The smallest absolute Gasteiger partial charge is 0.260 e. The lowest BCUT2D eigenvalue weighted by Gasteiger charge is -2.07. The van der Waals surface area contributed by atoms with Crippen LogP contribution < -0.4 is 5.32 Å². The van der Waals surface area contributed by atoms with Gasteiger partial charge >= 0.3 is 0 Å². The van der Waals surface area contributed by atoms with E-state index in [1.807, 2.05) is 30.7 Å². The predicted molar refractivity (Wildman–Crippen MR) is 112 cm³/mol. The molecule has 0 atom stereocenters. The molecule has 2 N–H and O–H groups in total. The summed E-state index contributed by atoms with van der Waals surface area (Å²) < 4.78 is 16.9. The second-order valence-corrected chi connectivity index (χ2v) is 7.01. The minimum atomic E-state index is -0.321. The molecule has 10 heteroatoms. The molecule has 0 bridgehead atoms. The normalized spacial score (nSPS) is 11.2. The average molecular weight is 416 g/mol. The van der Waals surface area contributed by atoms with Crippen molar-refractivity contribution in [1.29, 1.82) is 0 Å². The molecule has 1 aromatic carbocycles. The summed E-state index contributed by atoms with van der Waals surface area (Å²) >= 11 is 0. The molecule has 0 saturated carbocycles. The lowest BCUT2D eigenvalue weighted by molar-refractivity contribution is 0.102. The number of H-pyrrole nitrogens is 1. The first kappa shape index (κ1) is 18.7. The summed E-state index contributed by atoms with van der Waals surface area (Å²) in [5.74, 6) is 0.546. The van der Waals surface area contributed by atoms with Crippen LogP contribution in [0.15, 0.2) is 55.0 Å². The van der Waals surface area contributed by atoms with E-state index in [0.29, 0.717) is 28.4 Å². The molecule has 5 aromatic rings. The summed E-state index contributed by atoms with van der Waals surface area (Å²) in [6.45, 7) is 1.90. The standard InChI is InChI=1S/C21H17FN8O/c1-12-25-19(13-3-5-15(22)6-4-13)20(29(12)2)16-7-8-18-26-17(11-30(18)28-16)27-21(31)14-9-23-24-10-14/h3-11H,1-2H3,(H,23,24)(H,27,31). The topological polar surface area (TPSA) is 106 Å². The van der Waals surface area contributed by atoms with Crippen molar-refractivity contribution in [3.05, 3.63) is 72.2 Å². The Kier molecular flexibility index (Phi) is 4.32. The van der Waals surface area contributed by atoms with Gasteiger partial charge in [0.2, 0.25) is 0 Å². The lowest BCUT2D eigenvalue weighted by atomic mass is 10.1. The number of carbonyl (C=O) groups excluding carboxylic acids is 1. The SMILES string of the molecule is Cc1nc(-c2ccc(F)cc2)c(-c2ccc3nc(NC(=O)c4cn[nH]c4)cn3n2)n1C. The summed E-state index contributed by atoms with van der Waals surface area (Å²) in [4.78, 5) is 21.3. The van der Waals surface area contributed by atoms with Crippen molar-refractivity contribution >= 4 is 17.4 Å². The van der Waals surface area contributed by atoms with Crippen LogP contribution in [0.1, 0.15) is 16.2 Å². The van der Waals surface area contributed by atoms with Crippen LogP contribution in [0.2, 0.25) is 0 Å². The van der Waals surface area contributed by atoms with Crippen LogP contribution in [-0.2, 0) is 7.05 Å². The zero-order valence-corrected chi connectivity index (χ0v) is 16.7. The molecule has 0 aliphatic carbocycles. The second kappa shape index (κ2) is 7.17. The van der Waals surface area contributed by atoms with E-state index in [-0.39, 0.29) is 11.7 Å². The number of imidazole rings is 2. The Morgan fingerprint density at radius 3 is 2.68 bits per heavy atom. The number of aryl methyl sites for hydroxylation is 1. The third-order valence-electron chi connectivity index (χ3n) is 5.00. The van der Waals surface area contributed by atoms with Crippen LogP contribution in [0.3, 0.4) is 0 Å². The van der Waals surface area contributed by atoms with Crippen LogP contribution in [0, 0.1) is 12.7 Å². The summed E-state index contributed by atoms with van der Waals surface area (Å²) in [7, 11) is 1.90. The molecule has 5 rings (SSSR count). The van der Waals surface area contributed by atoms with Gasteiger partial charge < -0.3 is 9.88 Å². The fraction of sp³-hybridized carbons (Fsp3) is 0.0952. The zero-order chi connectivity index (χ0) is 21.5. The minimum absolute atomic E-state index is 0.305. The number of halogens is 1. The van der Waals surface area contributed by atoms with Crippen molar-refractivity contribution in [2.75, 3.05) is 5.32 Å². The maximum Gasteiger partial charge on any atom is 0.260 e. The van der Waals surface area contributed by atoms with E-state index in [1.165, 1.54) is 24.5 Å². The lowest BCUT2D eigenvalue weighted by Crippen LogP contribution is -2.11. The number of amides is 1. The molecule has 4 heterocycles. The number of benzene rings is 1.